The lowest BCUT2D eigenvalue weighted by Crippen LogP contribution is -1.95. The molecule has 0 spiro atoms. The van der Waals surface area contributed by atoms with Gasteiger partial charge in [0.1, 0.15) is 11.5 Å². The van der Waals surface area contributed by atoms with Crippen molar-refractivity contribution < 1.29 is 14.3 Å². The quantitative estimate of drug-likeness (QED) is 0.392. The van der Waals surface area contributed by atoms with Crippen molar-refractivity contribution in [1.29, 1.82) is 0 Å². The van der Waals surface area contributed by atoms with E-state index in [9.17, 15) is 4.79 Å². The summed E-state index contributed by atoms with van der Waals surface area (Å²) in [6, 6.07) is 20.8. The average Bonchev–Trinajstić information content (AvgIpc) is 2.61. The Labute approximate surface area is 134 Å². The number of methoxy groups -OCH3 is 1. The number of hydrogen-bond donors (Lipinski definition) is 0. The molecule has 0 aromatic heterocycles. The van der Waals surface area contributed by atoms with Gasteiger partial charge in [-0.2, -0.15) is 0 Å². The molecule has 3 rings (SSSR count). The maximum absolute atomic E-state index is 12.0. The van der Waals surface area contributed by atoms with Gasteiger partial charge in [-0.05, 0) is 47.2 Å². The van der Waals surface area contributed by atoms with Crippen LogP contribution >= 0.6 is 0 Å². The lowest BCUT2D eigenvalue weighted by atomic mass is 10.1. The fourth-order valence-electron chi connectivity index (χ4n) is 2.27. The molecule has 3 nitrogen and oxygen atoms in total. The van der Waals surface area contributed by atoms with Crippen LogP contribution in [0.2, 0.25) is 0 Å². The van der Waals surface area contributed by atoms with Crippen molar-refractivity contribution in [3.8, 4) is 11.5 Å². The van der Waals surface area contributed by atoms with E-state index in [1.165, 1.54) is 12.3 Å². The first-order chi connectivity index (χ1) is 11.3. The normalized spacial score (nSPS) is 10.8. The van der Waals surface area contributed by atoms with E-state index in [2.05, 4.69) is 0 Å². The molecular weight excluding hydrogens is 288 g/mol. The molecule has 0 N–H and O–H groups in total. The van der Waals surface area contributed by atoms with Crippen LogP contribution < -0.4 is 9.47 Å². The molecule has 3 aromatic carbocycles. The van der Waals surface area contributed by atoms with Crippen LogP contribution in [0.3, 0.4) is 0 Å². The highest BCUT2D eigenvalue weighted by molar-refractivity contribution is 6.04. The van der Waals surface area contributed by atoms with Crippen LogP contribution in [0.5, 0.6) is 11.5 Å². The fraction of sp³-hybridized carbons (Fsp3) is 0.0500. The Hall–Kier alpha value is -3.07. The third-order valence-corrected chi connectivity index (χ3v) is 3.52. The van der Waals surface area contributed by atoms with Gasteiger partial charge >= 0.3 is 0 Å². The minimum absolute atomic E-state index is 0.117. The van der Waals surface area contributed by atoms with Crippen molar-refractivity contribution in [2.24, 2.45) is 0 Å². The van der Waals surface area contributed by atoms with Crippen LogP contribution in [-0.4, -0.2) is 12.9 Å². The van der Waals surface area contributed by atoms with Gasteiger partial charge in [0, 0.05) is 11.6 Å². The Balaban J connectivity index is 1.67. The number of rotatable bonds is 5. The van der Waals surface area contributed by atoms with Crippen LogP contribution in [0.1, 0.15) is 10.4 Å². The summed E-state index contributed by atoms with van der Waals surface area (Å²) < 4.78 is 10.6. The molecule has 0 aliphatic heterocycles. The standard InChI is InChI=1S/C20H16O3/c1-22-18-9-7-16(8-10-18)20(21)12-13-23-19-11-6-15-4-2-3-5-17(15)14-19/h2-14H,1H3/b13-12-. The number of ketones is 1. The van der Waals surface area contributed by atoms with E-state index in [4.69, 9.17) is 9.47 Å². The average molecular weight is 304 g/mol. The number of carbonyl (C=O) groups excluding carboxylic acids is 1. The van der Waals surface area contributed by atoms with Crippen LogP contribution in [0, 0.1) is 0 Å². The third-order valence-electron chi connectivity index (χ3n) is 3.52. The summed E-state index contributed by atoms with van der Waals surface area (Å²) in [5.41, 5.74) is 0.587. The third kappa shape index (κ3) is 3.58. The first-order valence-electron chi connectivity index (χ1n) is 7.27. The first-order valence-corrected chi connectivity index (χ1v) is 7.27. The molecule has 0 amide bonds. The molecule has 0 saturated heterocycles. The molecule has 0 radical (unpaired) electrons. The van der Waals surface area contributed by atoms with Crippen molar-refractivity contribution in [2.45, 2.75) is 0 Å². The van der Waals surface area contributed by atoms with Crippen LogP contribution in [0.15, 0.2) is 79.1 Å². The van der Waals surface area contributed by atoms with E-state index in [0.717, 1.165) is 16.5 Å². The van der Waals surface area contributed by atoms with E-state index in [1.54, 1.807) is 31.4 Å². The maximum Gasteiger partial charge on any atom is 0.188 e. The van der Waals surface area contributed by atoms with Crippen LogP contribution in [-0.2, 0) is 0 Å². The summed E-state index contributed by atoms with van der Waals surface area (Å²) in [6.45, 7) is 0. The van der Waals surface area contributed by atoms with Crippen LogP contribution in [0.25, 0.3) is 10.8 Å². The molecule has 0 atom stereocenters. The Bertz CT molecular complexity index is 848. The molecule has 0 fully saturated rings. The Morgan fingerprint density at radius 2 is 1.57 bits per heavy atom. The van der Waals surface area contributed by atoms with Gasteiger partial charge in [0.15, 0.2) is 5.78 Å². The molecule has 114 valence electrons. The van der Waals surface area contributed by atoms with Gasteiger partial charge in [-0.25, -0.2) is 0 Å². The summed E-state index contributed by atoms with van der Waals surface area (Å²) in [6.07, 6.45) is 2.83. The van der Waals surface area contributed by atoms with Gasteiger partial charge < -0.3 is 9.47 Å². The highest BCUT2D eigenvalue weighted by atomic mass is 16.5. The second-order valence-electron chi connectivity index (χ2n) is 5.02. The van der Waals surface area contributed by atoms with Gasteiger partial charge in [0.25, 0.3) is 0 Å². The highest BCUT2D eigenvalue weighted by Crippen LogP contribution is 2.20. The van der Waals surface area contributed by atoms with Gasteiger partial charge in [-0.15, -0.1) is 0 Å². The van der Waals surface area contributed by atoms with E-state index in [0.29, 0.717) is 11.3 Å². The van der Waals surface area contributed by atoms with E-state index in [-0.39, 0.29) is 5.78 Å². The lowest BCUT2D eigenvalue weighted by molar-refractivity contribution is 0.104. The Morgan fingerprint density at radius 3 is 2.30 bits per heavy atom. The second-order valence-corrected chi connectivity index (χ2v) is 5.02. The number of carbonyl (C=O) groups is 1. The molecule has 3 heteroatoms. The zero-order valence-electron chi connectivity index (χ0n) is 12.7. The molecule has 0 unspecified atom stereocenters. The van der Waals surface area contributed by atoms with Crippen molar-refractivity contribution in [1.82, 2.24) is 0 Å². The smallest absolute Gasteiger partial charge is 0.188 e. The van der Waals surface area contributed by atoms with Gasteiger partial charge in [-0.1, -0.05) is 30.3 Å². The topological polar surface area (TPSA) is 35.5 Å². The molecular formula is C20H16O3. The SMILES string of the molecule is COc1ccc(C(=O)/C=C\Oc2ccc3ccccc3c2)cc1. The largest absolute Gasteiger partial charge is 0.497 e. The van der Waals surface area contributed by atoms with Crippen molar-refractivity contribution in [2.75, 3.05) is 7.11 Å². The van der Waals surface area contributed by atoms with Crippen molar-refractivity contribution in [3.63, 3.8) is 0 Å². The zero-order chi connectivity index (χ0) is 16.1. The van der Waals surface area contributed by atoms with E-state index >= 15 is 0 Å². The summed E-state index contributed by atoms with van der Waals surface area (Å²) in [5.74, 6) is 1.30. The summed E-state index contributed by atoms with van der Waals surface area (Å²) in [5, 5.41) is 2.25. The van der Waals surface area contributed by atoms with E-state index in [1.807, 2.05) is 42.5 Å². The fourth-order valence-corrected chi connectivity index (χ4v) is 2.27. The van der Waals surface area contributed by atoms with Crippen LogP contribution in [0.4, 0.5) is 0 Å². The summed E-state index contributed by atoms with van der Waals surface area (Å²) >= 11 is 0. The Morgan fingerprint density at radius 1 is 0.870 bits per heavy atom. The Kier molecular flexibility index (Phi) is 4.39. The summed E-state index contributed by atoms with van der Waals surface area (Å²) in [7, 11) is 1.59. The lowest BCUT2D eigenvalue weighted by Gasteiger charge is -2.03. The molecule has 0 saturated carbocycles. The predicted octanol–water partition coefficient (Wildman–Crippen LogP) is 4.62. The first kappa shape index (κ1) is 14.9. The van der Waals surface area contributed by atoms with Crippen molar-refractivity contribution >= 4 is 16.6 Å². The number of benzene rings is 3. The van der Waals surface area contributed by atoms with Gasteiger partial charge in [-0.3, -0.25) is 4.79 Å². The molecule has 0 aliphatic rings. The molecule has 3 aromatic rings. The van der Waals surface area contributed by atoms with Gasteiger partial charge in [0.2, 0.25) is 0 Å². The molecule has 23 heavy (non-hydrogen) atoms. The molecule has 0 heterocycles. The van der Waals surface area contributed by atoms with Crippen molar-refractivity contribution in [3.05, 3.63) is 84.6 Å². The van der Waals surface area contributed by atoms with E-state index < -0.39 is 0 Å². The zero-order valence-corrected chi connectivity index (χ0v) is 12.7. The number of fused-ring (bicyclic) bond motifs is 1. The molecule has 0 aliphatic carbocycles. The monoisotopic (exact) mass is 304 g/mol. The minimum Gasteiger partial charge on any atom is -0.497 e. The minimum atomic E-state index is -0.117. The second kappa shape index (κ2) is 6.79. The number of allylic oxidation sites excluding steroid dienone is 1. The maximum atomic E-state index is 12.0. The summed E-state index contributed by atoms with van der Waals surface area (Å²) in [4.78, 5) is 12.0. The van der Waals surface area contributed by atoms with Gasteiger partial charge in [0.05, 0.1) is 13.4 Å². The highest BCUT2D eigenvalue weighted by Gasteiger charge is 2.02. The molecule has 0 bridgehead atoms. The number of ether oxygens (including phenoxy) is 2. The predicted molar refractivity (Wildman–Crippen MR) is 91.0 cm³/mol. The number of hydrogen-bond acceptors (Lipinski definition) is 3.